The van der Waals surface area contributed by atoms with Gasteiger partial charge in [-0.1, -0.05) is 6.07 Å². The Morgan fingerprint density at radius 2 is 2.18 bits per heavy atom. The zero-order chi connectivity index (χ0) is 12.3. The van der Waals surface area contributed by atoms with Gasteiger partial charge < -0.3 is 14.5 Å². The van der Waals surface area contributed by atoms with Crippen LogP contribution in [0.3, 0.4) is 0 Å². The molecular formula is C12H15N3O2. The van der Waals surface area contributed by atoms with Crippen molar-refractivity contribution in [1.82, 2.24) is 15.5 Å². The molecule has 0 atom stereocenters. The lowest BCUT2D eigenvalue weighted by Crippen LogP contribution is -2.04. The van der Waals surface area contributed by atoms with Gasteiger partial charge in [-0.15, -0.1) is 10.2 Å². The number of methoxy groups -OCH3 is 1. The molecule has 0 unspecified atom stereocenters. The van der Waals surface area contributed by atoms with Gasteiger partial charge in [0.15, 0.2) is 0 Å². The number of ether oxygens (including phenoxy) is 1. The van der Waals surface area contributed by atoms with Gasteiger partial charge in [0.05, 0.1) is 13.7 Å². The number of aryl methyl sites for hydroxylation is 1. The molecule has 0 aliphatic carbocycles. The van der Waals surface area contributed by atoms with Gasteiger partial charge in [0.2, 0.25) is 11.8 Å². The summed E-state index contributed by atoms with van der Waals surface area (Å²) in [5, 5.41) is 10.9. The van der Waals surface area contributed by atoms with E-state index in [0.29, 0.717) is 18.3 Å². The van der Waals surface area contributed by atoms with Gasteiger partial charge in [0.25, 0.3) is 0 Å². The standard InChI is InChI=1S/C12H15N3O2/c1-8-4-5-9(6-10(8)16-3)12-15-14-11(17-12)7-13-2/h4-6,13H,7H2,1-3H3. The molecule has 2 aromatic rings. The van der Waals surface area contributed by atoms with Gasteiger partial charge in [0.1, 0.15) is 5.75 Å². The Morgan fingerprint density at radius 3 is 2.88 bits per heavy atom. The fourth-order valence-corrected chi connectivity index (χ4v) is 1.55. The molecule has 0 bridgehead atoms. The predicted octanol–water partition coefficient (Wildman–Crippen LogP) is 1.77. The molecule has 1 aromatic heterocycles. The van der Waals surface area contributed by atoms with E-state index >= 15 is 0 Å². The van der Waals surface area contributed by atoms with Crippen LogP contribution in [0.5, 0.6) is 5.75 Å². The number of hydrogen-bond acceptors (Lipinski definition) is 5. The van der Waals surface area contributed by atoms with Crippen LogP contribution in [0.25, 0.3) is 11.5 Å². The monoisotopic (exact) mass is 233 g/mol. The topological polar surface area (TPSA) is 60.2 Å². The Bertz CT molecular complexity index is 508. The third-order valence-electron chi connectivity index (χ3n) is 2.45. The Balaban J connectivity index is 2.32. The maximum atomic E-state index is 5.51. The average molecular weight is 233 g/mol. The van der Waals surface area contributed by atoms with Crippen molar-refractivity contribution in [3.05, 3.63) is 29.7 Å². The van der Waals surface area contributed by atoms with E-state index in [0.717, 1.165) is 16.9 Å². The Morgan fingerprint density at radius 1 is 1.35 bits per heavy atom. The summed E-state index contributed by atoms with van der Waals surface area (Å²) >= 11 is 0. The van der Waals surface area contributed by atoms with E-state index in [-0.39, 0.29) is 0 Å². The number of hydrogen-bond donors (Lipinski definition) is 1. The fraction of sp³-hybridized carbons (Fsp3) is 0.333. The summed E-state index contributed by atoms with van der Waals surface area (Å²) in [5.74, 6) is 1.89. The van der Waals surface area contributed by atoms with Crippen LogP contribution in [0.4, 0.5) is 0 Å². The van der Waals surface area contributed by atoms with Gasteiger partial charge in [-0.05, 0) is 31.7 Å². The molecule has 0 aliphatic heterocycles. The van der Waals surface area contributed by atoms with Crippen molar-refractivity contribution in [2.75, 3.05) is 14.2 Å². The SMILES string of the molecule is CNCc1nnc(-c2ccc(C)c(OC)c2)o1. The second-order valence-corrected chi connectivity index (χ2v) is 3.72. The highest BCUT2D eigenvalue weighted by Gasteiger charge is 2.09. The zero-order valence-electron chi connectivity index (χ0n) is 10.2. The van der Waals surface area contributed by atoms with Crippen LogP contribution in [-0.2, 0) is 6.54 Å². The van der Waals surface area contributed by atoms with Crippen LogP contribution >= 0.6 is 0 Å². The first-order chi connectivity index (χ1) is 8.24. The summed E-state index contributed by atoms with van der Waals surface area (Å²) in [6.07, 6.45) is 0. The molecule has 1 heterocycles. The van der Waals surface area contributed by atoms with Crippen molar-refractivity contribution in [1.29, 1.82) is 0 Å². The number of rotatable bonds is 4. The third kappa shape index (κ3) is 2.45. The lowest BCUT2D eigenvalue weighted by Gasteiger charge is -2.04. The lowest BCUT2D eigenvalue weighted by molar-refractivity contribution is 0.411. The second kappa shape index (κ2) is 4.97. The average Bonchev–Trinajstić information content (AvgIpc) is 2.79. The van der Waals surface area contributed by atoms with Crippen LogP contribution in [0.15, 0.2) is 22.6 Å². The summed E-state index contributed by atoms with van der Waals surface area (Å²) in [4.78, 5) is 0. The van der Waals surface area contributed by atoms with E-state index in [1.54, 1.807) is 7.11 Å². The Kier molecular flexibility index (Phi) is 3.39. The van der Waals surface area contributed by atoms with Gasteiger partial charge >= 0.3 is 0 Å². The van der Waals surface area contributed by atoms with Crippen LogP contribution in [0.2, 0.25) is 0 Å². The third-order valence-corrected chi connectivity index (χ3v) is 2.45. The number of nitrogens with zero attached hydrogens (tertiary/aromatic N) is 2. The van der Waals surface area contributed by atoms with Crippen molar-refractivity contribution in [3.8, 4) is 17.2 Å². The zero-order valence-corrected chi connectivity index (χ0v) is 10.2. The summed E-state index contributed by atoms with van der Waals surface area (Å²) in [7, 11) is 3.48. The summed E-state index contributed by atoms with van der Waals surface area (Å²) in [6, 6.07) is 5.80. The van der Waals surface area contributed by atoms with E-state index < -0.39 is 0 Å². The molecule has 17 heavy (non-hydrogen) atoms. The van der Waals surface area contributed by atoms with Crippen molar-refractivity contribution in [3.63, 3.8) is 0 Å². The molecule has 90 valence electrons. The molecule has 0 fully saturated rings. The van der Waals surface area contributed by atoms with Gasteiger partial charge in [-0.3, -0.25) is 0 Å². The van der Waals surface area contributed by atoms with Crippen LogP contribution in [0, 0.1) is 6.92 Å². The quantitative estimate of drug-likeness (QED) is 0.872. The second-order valence-electron chi connectivity index (χ2n) is 3.72. The normalized spacial score (nSPS) is 10.5. The molecule has 0 saturated heterocycles. The molecule has 1 aromatic carbocycles. The summed E-state index contributed by atoms with van der Waals surface area (Å²) in [5.41, 5.74) is 1.94. The highest BCUT2D eigenvalue weighted by Crippen LogP contribution is 2.25. The maximum Gasteiger partial charge on any atom is 0.247 e. The first-order valence-corrected chi connectivity index (χ1v) is 5.36. The number of benzene rings is 1. The number of aromatic nitrogens is 2. The highest BCUT2D eigenvalue weighted by atomic mass is 16.5. The first-order valence-electron chi connectivity index (χ1n) is 5.36. The van der Waals surface area contributed by atoms with Crippen molar-refractivity contribution < 1.29 is 9.15 Å². The van der Waals surface area contributed by atoms with Gasteiger partial charge in [0, 0.05) is 5.56 Å². The molecule has 0 aliphatic rings. The van der Waals surface area contributed by atoms with E-state index in [1.807, 2.05) is 32.2 Å². The summed E-state index contributed by atoms with van der Waals surface area (Å²) < 4.78 is 10.8. The summed E-state index contributed by atoms with van der Waals surface area (Å²) in [6.45, 7) is 2.55. The van der Waals surface area contributed by atoms with Gasteiger partial charge in [-0.2, -0.15) is 0 Å². The largest absolute Gasteiger partial charge is 0.496 e. The van der Waals surface area contributed by atoms with Crippen LogP contribution in [0.1, 0.15) is 11.5 Å². The fourth-order valence-electron chi connectivity index (χ4n) is 1.55. The van der Waals surface area contributed by atoms with Crippen LogP contribution in [-0.4, -0.2) is 24.4 Å². The van der Waals surface area contributed by atoms with Gasteiger partial charge in [-0.25, -0.2) is 0 Å². The molecule has 0 amide bonds. The molecule has 0 spiro atoms. The Labute approximate surface area is 99.8 Å². The smallest absolute Gasteiger partial charge is 0.247 e. The number of nitrogens with one attached hydrogen (secondary N) is 1. The molecule has 2 rings (SSSR count). The lowest BCUT2D eigenvalue weighted by atomic mass is 10.1. The molecule has 0 saturated carbocycles. The van der Waals surface area contributed by atoms with E-state index in [1.165, 1.54) is 0 Å². The van der Waals surface area contributed by atoms with E-state index in [9.17, 15) is 0 Å². The van der Waals surface area contributed by atoms with E-state index in [4.69, 9.17) is 9.15 Å². The molecule has 0 radical (unpaired) electrons. The minimum Gasteiger partial charge on any atom is -0.496 e. The van der Waals surface area contributed by atoms with Crippen molar-refractivity contribution in [2.24, 2.45) is 0 Å². The van der Waals surface area contributed by atoms with E-state index in [2.05, 4.69) is 15.5 Å². The molecular weight excluding hydrogens is 218 g/mol. The minimum atomic E-state index is 0.508. The minimum absolute atomic E-state index is 0.508. The maximum absolute atomic E-state index is 5.51. The van der Waals surface area contributed by atoms with Crippen molar-refractivity contribution in [2.45, 2.75) is 13.5 Å². The van der Waals surface area contributed by atoms with Crippen molar-refractivity contribution >= 4 is 0 Å². The first kappa shape index (κ1) is 11.6. The predicted molar refractivity (Wildman–Crippen MR) is 63.8 cm³/mol. The Hall–Kier alpha value is -1.88. The highest BCUT2D eigenvalue weighted by molar-refractivity contribution is 5.57. The van der Waals surface area contributed by atoms with Crippen LogP contribution < -0.4 is 10.1 Å². The molecule has 5 nitrogen and oxygen atoms in total. The molecule has 1 N–H and O–H groups in total. The molecule has 5 heteroatoms.